The first-order valence-electron chi connectivity index (χ1n) is 9.84. The smallest absolute Gasteiger partial charge is 0.354 e. The number of carboxylic acids is 1. The molecule has 0 amide bonds. The van der Waals surface area contributed by atoms with E-state index in [9.17, 15) is 9.18 Å². The Morgan fingerprint density at radius 1 is 0.909 bits per heavy atom. The van der Waals surface area contributed by atoms with E-state index in [-0.39, 0.29) is 25.8 Å². The van der Waals surface area contributed by atoms with E-state index in [4.69, 9.17) is 5.11 Å². The molecule has 0 saturated carbocycles. The second-order valence-electron chi connectivity index (χ2n) is 7.11. The Bertz CT molecular complexity index is 1250. The van der Waals surface area contributed by atoms with Crippen LogP contribution in [-0.2, 0) is 20.1 Å². The number of aromatic carboxylic acids is 1. The van der Waals surface area contributed by atoms with Crippen molar-refractivity contribution in [3.8, 4) is 11.3 Å². The molecule has 0 unspecified atom stereocenters. The Hall–Kier alpha value is -3.61. The number of nitrogens with zero attached hydrogens (tertiary/aromatic N) is 4. The Morgan fingerprint density at radius 2 is 1.58 bits per heavy atom. The summed E-state index contributed by atoms with van der Waals surface area (Å²) in [6.07, 6.45) is 2.68. The second-order valence-corrected chi connectivity index (χ2v) is 7.11. The van der Waals surface area contributed by atoms with Gasteiger partial charge in [-0.1, -0.05) is 24.3 Å². The van der Waals surface area contributed by atoms with Crippen molar-refractivity contribution in [2.24, 2.45) is 0 Å². The number of carboxylic acid groups (broad SMARTS) is 1. The molecule has 5 rings (SSSR count). The molecule has 1 N–H and O–H groups in total. The van der Waals surface area contributed by atoms with E-state index in [1.54, 1.807) is 0 Å². The number of benzene rings is 2. The van der Waals surface area contributed by atoms with Crippen molar-refractivity contribution in [1.82, 2.24) is 9.97 Å². The number of para-hydroxylation sites is 2. The summed E-state index contributed by atoms with van der Waals surface area (Å²) in [6.45, 7) is 0. The molecular formula is C25H20FIrN4O2-. The first-order chi connectivity index (χ1) is 15.5. The molecule has 0 atom stereocenters. The van der Waals surface area contributed by atoms with Gasteiger partial charge in [-0.15, -0.1) is 23.8 Å². The van der Waals surface area contributed by atoms with Gasteiger partial charge in [-0.25, -0.2) is 14.2 Å². The topological polar surface area (TPSA) is 69.6 Å². The normalized spacial score (nSPS) is 11.4. The summed E-state index contributed by atoms with van der Waals surface area (Å²) in [5, 5.41) is 8.29. The van der Waals surface area contributed by atoms with Crippen molar-refractivity contribution in [3.63, 3.8) is 0 Å². The summed E-state index contributed by atoms with van der Waals surface area (Å²) >= 11 is 0. The SMILES string of the molecule is CN1c2c[c-]c(-c3ccccn3)cc2N(C)c2ccccc21.O=C(O)c1ccc(F)cn1.[Ir]. The molecule has 8 heteroatoms. The van der Waals surface area contributed by atoms with E-state index in [1.165, 1.54) is 17.1 Å². The molecule has 0 fully saturated rings. The zero-order valence-electron chi connectivity index (χ0n) is 17.9. The number of halogens is 1. The molecule has 169 valence electrons. The zero-order chi connectivity index (χ0) is 22.7. The number of rotatable bonds is 2. The van der Waals surface area contributed by atoms with Crippen LogP contribution in [0.5, 0.6) is 0 Å². The molecule has 0 spiro atoms. The fraction of sp³-hybridized carbons (Fsp3) is 0.0800. The number of hydrogen-bond acceptors (Lipinski definition) is 5. The van der Waals surface area contributed by atoms with E-state index >= 15 is 0 Å². The van der Waals surface area contributed by atoms with Gasteiger partial charge in [0.15, 0.2) is 0 Å². The molecule has 1 aliphatic heterocycles. The quantitative estimate of drug-likeness (QED) is 0.307. The third-order valence-electron chi connectivity index (χ3n) is 5.12. The largest absolute Gasteiger partial charge is 0.477 e. The number of pyridine rings is 2. The van der Waals surface area contributed by atoms with Gasteiger partial charge in [0.2, 0.25) is 0 Å². The molecule has 0 saturated heterocycles. The van der Waals surface area contributed by atoms with Gasteiger partial charge >= 0.3 is 5.97 Å². The fourth-order valence-corrected chi connectivity index (χ4v) is 3.47. The Morgan fingerprint density at radius 3 is 2.15 bits per heavy atom. The summed E-state index contributed by atoms with van der Waals surface area (Å²) in [7, 11) is 4.20. The third kappa shape index (κ3) is 5.08. The summed E-state index contributed by atoms with van der Waals surface area (Å²) in [5.74, 6) is -1.69. The van der Waals surface area contributed by atoms with Crippen molar-refractivity contribution in [3.05, 3.63) is 96.7 Å². The Labute approximate surface area is 204 Å². The van der Waals surface area contributed by atoms with Gasteiger partial charge < -0.3 is 19.9 Å². The van der Waals surface area contributed by atoms with Crippen LogP contribution in [0.4, 0.5) is 27.1 Å². The van der Waals surface area contributed by atoms with Crippen LogP contribution in [0, 0.1) is 11.9 Å². The minimum Gasteiger partial charge on any atom is -0.477 e. The van der Waals surface area contributed by atoms with Gasteiger partial charge in [0.25, 0.3) is 0 Å². The van der Waals surface area contributed by atoms with Gasteiger partial charge in [-0.05, 0) is 47.4 Å². The Kier molecular flexibility index (Phi) is 7.53. The van der Waals surface area contributed by atoms with E-state index in [2.05, 4.69) is 70.3 Å². The van der Waals surface area contributed by atoms with Gasteiger partial charge in [0, 0.05) is 40.4 Å². The monoisotopic (exact) mass is 620 g/mol. The second kappa shape index (κ2) is 10.3. The van der Waals surface area contributed by atoms with E-state index in [0.29, 0.717) is 0 Å². The van der Waals surface area contributed by atoms with Crippen LogP contribution in [0.15, 0.2) is 79.1 Å². The zero-order valence-corrected chi connectivity index (χ0v) is 20.3. The van der Waals surface area contributed by atoms with Gasteiger partial charge in [-0.3, -0.25) is 0 Å². The molecule has 1 aliphatic rings. The number of hydrogen-bond donors (Lipinski definition) is 1. The minimum atomic E-state index is -1.15. The first-order valence-corrected chi connectivity index (χ1v) is 9.84. The van der Waals surface area contributed by atoms with Crippen molar-refractivity contribution in [2.75, 3.05) is 23.9 Å². The maximum absolute atomic E-state index is 12.1. The average molecular weight is 620 g/mol. The summed E-state index contributed by atoms with van der Waals surface area (Å²) in [5.41, 5.74) is 6.54. The summed E-state index contributed by atoms with van der Waals surface area (Å²) < 4.78 is 12.1. The molecule has 4 aromatic rings. The molecule has 33 heavy (non-hydrogen) atoms. The third-order valence-corrected chi connectivity index (χ3v) is 5.12. The summed E-state index contributed by atoms with van der Waals surface area (Å²) in [4.78, 5) is 22.3. The van der Waals surface area contributed by atoms with Gasteiger partial charge in [-0.2, -0.15) is 0 Å². The first kappa shape index (κ1) is 24.0. The molecule has 2 aromatic carbocycles. The van der Waals surface area contributed by atoms with E-state index < -0.39 is 11.8 Å². The number of anilines is 4. The molecule has 0 bridgehead atoms. The average Bonchev–Trinajstić information content (AvgIpc) is 2.83. The predicted octanol–water partition coefficient (Wildman–Crippen LogP) is 5.31. The van der Waals surface area contributed by atoms with Crippen LogP contribution in [-0.4, -0.2) is 35.1 Å². The molecule has 6 nitrogen and oxygen atoms in total. The standard InChI is InChI=1S/C19H16N3.C6H4FNO2.Ir/c1-21-16-8-3-4-9-17(16)22(2)19-13-14(10-11-18(19)21)15-7-5-6-12-20-15;7-4-1-2-5(6(9)10)8-3-4;/h3-9,11-13H,1-2H3;1-3H,(H,9,10);/q-1;;. The van der Waals surface area contributed by atoms with Crippen LogP contribution in [0.2, 0.25) is 0 Å². The van der Waals surface area contributed by atoms with Crippen LogP contribution in [0.1, 0.15) is 10.5 Å². The molecule has 1 radical (unpaired) electrons. The maximum Gasteiger partial charge on any atom is 0.354 e. The number of carbonyl (C=O) groups is 1. The van der Waals surface area contributed by atoms with E-state index in [0.717, 1.165) is 35.3 Å². The summed E-state index contributed by atoms with van der Waals surface area (Å²) in [6, 6.07) is 24.1. The van der Waals surface area contributed by atoms with Crippen LogP contribution < -0.4 is 9.80 Å². The van der Waals surface area contributed by atoms with E-state index in [1.807, 2.05) is 30.5 Å². The van der Waals surface area contributed by atoms with Gasteiger partial charge in [0.05, 0.1) is 17.6 Å². The molecule has 3 heterocycles. The van der Waals surface area contributed by atoms with Crippen LogP contribution >= 0.6 is 0 Å². The fourth-order valence-electron chi connectivity index (χ4n) is 3.47. The van der Waals surface area contributed by atoms with Crippen LogP contribution in [0.25, 0.3) is 11.3 Å². The predicted molar refractivity (Wildman–Crippen MR) is 122 cm³/mol. The Balaban J connectivity index is 0.000000237. The number of aromatic nitrogens is 2. The minimum absolute atomic E-state index is 0. The molecule has 2 aromatic heterocycles. The van der Waals surface area contributed by atoms with Gasteiger partial charge in [0.1, 0.15) is 11.5 Å². The van der Waals surface area contributed by atoms with Crippen molar-refractivity contribution >= 4 is 28.7 Å². The molecule has 0 aliphatic carbocycles. The van der Waals surface area contributed by atoms with Crippen molar-refractivity contribution < 1.29 is 34.4 Å². The molecular weight excluding hydrogens is 600 g/mol. The van der Waals surface area contributed by atoms with Crippen LogP contribution in [0.3, 0.4) is 0 Å². The maximum atomic E-state index is 12.1. The number of fused-ring (bicyclic) bond motifs is 2. The van der Waals surface area contributed by atoms with Crippen molar-refractivity contribution in [2.45, 2.75) is 0 Å². The van der Waals surface area contributed by atoms with Crippen molar-refractivity contribution in [1.29, 1.82) is 0 Å².